The van der Waals surface area contributed by atoms with Crippen molar-refractivity contribution in [1.82, 2.24) is 9.88 Å². The Bertz CT molecular complexity index is 1020. The SMILES string of the molecule is CS(=O)(=O)Cc1cccc(C2CCN(Cc3c[nH]c4ccccc34)C2)c1. The molecule has 2 aromatic carbocycles. The van der Waals surface area contributed by atoms with Gasteiger partial charge in [-0.1, -0.05) is 42.5 Å². The number of nitrogens with one attached hydrogen (secondary N) is 1. The average Bonchev–Trinajstić information content (AvgIpc) is 3.22. The molecule has 5 heteroatoms. The molecule has 1 aliphatic heterocycles. The molecular weight excluding hydrogens is 344 g/mol. The second kappa shape index (κ2) is 6.89. The fourth-order valence-corrected chi connectivity index (χ4v) is 4.78. The Morgan fingerprint density at radius 3 is 2.85 bits per heavy atom. The Balaban J connectivity index is 1.46. The van der Waals surface area contributed by atoms with Gasteiger partial charge in [0.2, 0.25) is 0 Å². The monoisotopic (exact) mass is 368 g/mol. The van der Waals surface area contributed by atoms with Crippen LogP contribution in [0.1, 0.15) is 29.0 Å². The third-order valence-electron chi connectivity index (χ3n) is 5.19. The van der Waals surface area contributed by atoms with E-state index in [-0.39, 0.29) is 5.75 Å². The van der Waals surface area contributed by atoms with Gasteiger partial charge in [-0.25, -0.2) is 8.42 Å². The number of hydrogen-bond acceptors (Lipinski definition) is 3. The largest absolute Gasteiger partial charge is 0.361 e. The van der Waals surface area contributed by atoms with Crippen molar-refractivity contribution in [2.45, 2.75) is 24.6 Å². The van der Waals surface area contributed by atoms with Crippen molar-refractivity contribution in [3.63, 3.8) is 0 Å². The van der Waals surface area contributed by atoms with Gasteiger partial charge in [-0.2, -0.15) is 0 Å². The summed E-state index contributed by atoms with van der Waals surface area (Å²) in [5, 5.41) is 1.30. The highest BCUT2D eigenvalue weighted by Gasteiger charge is 2.24. The van der Waals surface area contributed by atoms with Gasteiger partial charge in [0.25, 0.3) is 0 Å². The predicted octanol–water partition coefficient (Wildman–Crippen LogP) is 3.70. The van der Waals surface area contributed by atoms with Crippen LogP contribution < -0.4 is 0 Å². The van der Waals surface area contributed by atoms with Crippen LogP contribution in [0.3, 0.4) is 0 Å². The van der Waals surface area contributed by atoms with E-state index in [0.717, 1.165) is 31.6 Å². The molecule has 0 bridgehead atoms. The van der Waals surface area contributed by atoms with Crippen molar-refractivity contribution in [3.8, 4) is 0 Å². The topological polar surface area (TPSA) is 53.2 Å². The van der Waals surface area contributed by atoms with E-state index < -0.39 is 9.84 Å². The number of likely N-dealkylation sites (tertiary alicyclic amines) is 1. The van der Waals surface area contributed by atoms with Crippen molar-refractivity contribution in [2.75, 3.05) is 19.3 Å². The fourth-order valence-electron chi connectivity index (χ4n) is 3.99. The zero-order chi connectivity index (χ0) is 18.1. The van der Waals surface area contributed by atoms with Gasteiger partial charge in [0.1, 0.15) is 0 Å². The lowest BCUT2D eigenvalue weighted by Gasteiger charge is -2.16. The third-order valence-corrected chi connectivity index (χ3v) is 6.05. The van der Waals surface area contributed by atoms with Crippen molar-refractivity contribution in [3.05, 3.63) is 71.4 Å². The molecular formula is C21H24N2O2S. The lowest BCUT2D eigenvalue weighted by Crippen LogP contribution is -2.19. The third kappa shape index (κ3) is 3.84. The zero-order valence-corrected chi connectivity index (χ0v) is 15.8. The molecule has 1 N–H and O–H groups in total. The van der Waals surface area contributed by atoms with E-state index in [1.165, 1.54) is 28.3 Å². The van der Waals surface area contributed by atoms with Crippen LogP contribution in [0.15, 0.2) is 54.7 Å². The van der Waals surface area contributed by atoms with Gasteiger partial charge >= 0.3 is 0 Å². The van der Waals surface area contributed by atoms with Gasteiger partial charge in [0, 0.05) is 36.4 Å². The number of nitrogens with zero attached hydrogens (tertiary/aromatic N) is 1. The van der Waals surface area contributed by atoms with Crippen LogP contribution >= 0.6 is 0 Å². The summed E-state index contributed by atoms with van der Waals surface area (Å²) in [5.41, 5.74) is 4.67. The standard InChI is InChI=1S/C21H24N2O2S/c1-26(24,25)15-16-5-4-6-17(11-16)18-9-10-23(13-18)14-19-12-22-21-8-3-2-7-20(19)21/h2-8,11-12,18,22H,9-10,13-15H2,1H3. The van der Waals surface area contributed by atoms with Crippen LogP contribution in [-0.2, 0) is 22.1 Å². The Hall–Kier alpha value is -2.11. The van der Waals surface area contributed by atoms with Crippen LogP contribution in [0.2, 0.25) is 0 Å². The van der Waals surface area contributed by atoms with Crippen molar-refractivity contribution < 1.29 is 8.42 Å². The summed E-state index contributed by atoms with van der Waals surface area (Å²) in [6, 6.07) is 16.5. The number of aromatic amines is 1. The van der Waals surface area contributed by atoms with Gasteiger partial charge in [0.15, 0.2) is 9.84 Å². The number of H-pyrrole nitrogens is 1. The van der Waals surface area contributed by atoms with Gasteiger partial charge in [0.05, 0.1) is 5.75 Å². The first-order valence-electron chi connectivity index (χ1n) is 9.02. The Kier molecular flexibility index (Phi) is 4.59. The van der Waals surface area contributed by atoms with Gasteiger partial charge in [-0.15, -0.1) is 0 Å². The summed E-state index contributed by atoms with van der Waals surface area (Å²) in [5.74, 6) is 0.590. The number of fused-ring (bicyclic) bond motifs is 1. The van der Waals surface area contributed by atoms with Crippen LogP contribution in [0.5, 0.6) is 0 Å². The first-order valence-corrected chi connectivity index (χ1v) is 11.1. The molecule has 0 spiro atoms. The van der Waals surface area contributed by atoms with E-state index in [1.807, 2.05) is 12.1 Å². The minimum Gasteiger partial charge on any atom is -0.361 e. The maximum atomic E-state index is 11.6. The van der Waals surface area contributed by atoms with Gasteiger partial charge in [-0.3, -0.25) is 4.90 Å². The molecule has 1 aromatic heterocycles. The molecule has 1 unspecified atom stereocenters. The van der Waals surface area contributed by atoms with Crippen LogP contribution in [0.4, 0.5) is 0 Å². The highest BCUT2D eigenvalue weighted by molar-refractivity contribution is 7.89. The molecule has 3 aromatic rings. The number of hydrogen-bond donors (Lipinski definition) is 1. The van der Waals surface area contributed by atoms with Crippen molar-refractivity contribution in [1.29, 1.82) is 0 Å². The maximum absolute atomic E-state index is 11.6. The molecule has 1 fully saturated rings. The second-order valence-corrected chi connectivity index (χ2v) is 9.54. The minimum atomic E-state index is -3.00. The summed E-state index contributed by atoms with van der Waals surface area (Å²) in [4.78, 5) is 5.84. The zero-order valence-electron chi connectivity index (χ0n) is 15.0. The molecule has 1 saturated heterocycles. The van der Waals surface area contributed by atoms with Crippen LogP contribution in [0.25, 0.3) is 10.9 Å². The van der Waals surface area contributed by atoms with Crippen molar-refractivity contribution in [2.24, 2.45) is 0 Å². The molecule has 0 aliphatic carbocycles. The number of rotatable bonds is 5. The van der Waals surface area contributed by atoms with E-state index in [9.17, 15) is 8.42 Å². The highest BCUT2D eigenvalue weighted by atomic mass is 32.2. The molecule has 136 valence electrons. The Labute approximate surface area is 154 Å². The molecule has 0 amide bonds. The molecule has 2 heterocycles. The van der Waals surface area contributed by atoms with E-state index in [2.05, 4.69) is 52.5 Å². The molecule has 4 nitrogen and oxygen atoms in total. The molecule has 26 heavy (non-hydrogen) atoms. The first-order chi connectivity index (χ1) is 12.5. The maximum Gasteiger partial charge on any atom is 0.151 e. The van der Waals surface area contributed by atoms with Gasteiger partial charge < -0.3 is 4.98 Å². The normalized spacial score (nSPS) is 18.6. The second-order valence-electron chi connectivity index (χ2n) is 7.40. The van der Waals surface area contributed by atoms with E-state index >= 15 is 0 Å². The Morgan fingerprint density at radius 1 is 1.15 bits per heavy atom. The van der Waals surface area contributed by atoms with Crippen LogP contribution in [0, 0.1) is 0 Å². The summed E-state index contributed by atoms with van der Waals surface area (Å²) in [6.07, 6.45) is 4.52. The average molecular weight is 369 g/mol. The fraction of sp³-hybridized carbons (Fsp3) is 0.333. The van der Waals surface area contributed by atoms with Crippen molar-refractivity contribution >= 4 is 20.7 Å². The summed E-state index contributed by atoms with van der Waals surface area (Å²) in [6.45, 7) is 3.03. The number of sulfone groups is 1. The van der Waals surface area contributed by atoms with Gasteiger partial charge in [-0.05, 0) is 41.6 Å². The molecule has 1 aliphatic rings. The smallest absolute Gasteiger partial charge is 0.151 e. The lowest BCUT2D eigenvalue weighted by molar-refractivity contribution is 0.328. The Morgan fingerprint density at radius 2 is 2.00 bits per heavy atom. The molecule has 0 saturated carbocycles. The summed E-state index contributed by atoms with van der Waals surface area (Å²) in [7, 11) is -3.00. The molecule has 4 rings (SSSR count). The highest BCUT2D eigenvalue weighted by Crippen LogP contribution is 2.30. The molecule has 0 radical (unpaired) electrons. The molecule has 1 atom stereocenters. The van der Waals surface area contributed by atoms with E-state index in [1.54, 1.807) is 0 Å². The summed E-state index contributed by atoms with van der Waals surface area (Å²) >= 11 is 0. The minimum absolute atomic E-state index is 0.118. The van der Waals surface area contributed by atoms with Crippen LogP contribution in [-0.4, -0.2) is 37.6 Å². The number of para-hydroxylation sites is 1. The lowest BCUT2D eigenvalue weighted by atomic mass is 9.97. The first kappa shape index (κ1) is 17.3. The number of benzene rings is 2. The van der Waals surface area contributed by atoms with E-state index in [0.29, 0.717) is 5.92 Å². The van der Waals surface area contributed by atoms with E-state index in [4.69, 9.17) is 0 Å². The summed E-state index contributed by atoms with van der Waals surface area (Å²) < 4.78 is 23.1. The predicted molar refractivity (Wildman–Crippen MR) is 106 cm³/mol. The number of aromatic nitrogens is 1. The quantitative estimate of drug-likeness (QED) is 0.747.